The van der Waals surface area contributed by atoms with Crippen molar-refractivity contribution in [1.29, 1.82) is 0 Å². The van der Waals surface area contributed by atoms with Crippen molar-refractivity contribution in [2.45, 2.75) is 12.5 Å². The van der Waals surface area contributed by atoms with Gasteiger partial charge >= 0.3 is 0 Å². The van der Waals surface area contributed by atoms with Gasteiger partial charge in [-0.1, -0.05) is 35.3 Å². The minimum atomic E-state index is -0.631. The fourth-order valence-corrected chi connectivity index (χ4v) is 2.68. The summed E-state index contributed by atoms with van der Waals surface area (Å²) in [6.45, 7) is 0. The zero-order valence-corrected chi connectivity index (χ0v) is 11.8. The van der Waals surface area contributed by atoms with E-state index >= 15 is 0 Å². The van der Waals surface area contributed by atoms with Crippen LogP contribution in [0.25, 0.3) is 0 Å². The van der Waals surface area contributed by atoms with Gasteiger partial charge in [-0.3, -0.25) is 11.3 Å². The molecule has 6 heteroatoms. The molecule has 0 radical (unpaired) electrons. The summed E-state index contributed by atoms with van der Waals surface area (Å²) in [6.07, 6.45) is -0.00153. The van der Waals surface area contributed by atoms with Crippen molar-refractivity contribution >= 4 is 23.2 Å². The quantitative estimate of drug-likeness (QED) is 0.660. The van der Waals surface area contributed by atoms with Crippen molar-refractivity contribution in [3.8, 4) is 0 Å². The van der Waals surface area contributed by atoms with Gasteiger partial charge in [0, 0.05) is 21.2 Å². The van der Waals surface area contributed by atoms with Crippen LogP contribution in [0.4, 0.5) is 8.78 Å². The molecule has 2 aromatic rings. The molecule has 3 N–H and O–H groups in total. The van der Waals surface area contributed by atoms with Crippen LogP contribution in [-0.4, -0.2) is 0 Å². The van der Waals surface area contributed by atoms with Crippen LogP contribution in [0.5, 0.6) is 0 Å². The van der Waals surface area contributed by atoms with Crippen LogP contribution in [0.3, 0.4) is 0 Å². The Morgan fingerprint density at radius 1 is 1.00 bits per heavy atom. The maximum atomic E-state index is 13.7. The van der Waals surface area contributed by atoms with Crippen molar-refractivity contribution in [2.75, 3.05) is 0 Å². The first-order chi connectivity index (χ1) is 9.54. The molecule has 0 fully saturated rings. The summed E-state index contributed by atoms with van der Waals surface area (Å²) >= 11 is 12.2. The summed E-state index contributed by atoms with van der Waals surface area (Å²) in [7, 11) is 0. The standard InChI is InChI=1S/C14H12Cl2F2N2/c15-9-3-1-4-10(16)14(9)13(20-19)7-8-11(17)5-2-6-12(8)18/h1-6,13,20H,7,19H2. The highest BCUT2D eigenvalue weighted by atomic mass is 35.5. The van der Waals surface area contributed by atoms with Crippen LogP contribution >= 0.6 is 23.2 Å². The monoisotopic (exact) mass is 316 g/mol. The van der Waals surface area contributed by atoms with Crippen LogP contribution in [0.1, 0.15) is 17.2 Å². The molecule has 2 aromatic carbocycles. The summed E-state index contributed by atoms with van der Waals surface area (Å²) in [5.74, 6) is 4.22. The van der Waals surface area contributed by atoms with E-state index in [9.17, 15) is 8.78 Å². The summed E-state index contributed by atoms with van der Waals surface area (Å²) in [5, 5.41) is 0.773. The van der Waals surface area contributed by atoms with Gasteiger partial charge in [0.15, 0.2) is 0 Å². The van der Waals surface area contributed by atoms with Crippen LogP contribution in [0, 0.1) is 11.6 Å². The van der Waals surface area contributed by atoms with Crippen molar-refractivity contribution < 1.29 is 8.78 Å². The summed E-state index contributed by atoms with van der Waals surface area (Å²) in [5.41, 5.74) is 2.95. The van der Waals surface area contributed by atoms with Crippen LogP contribution < -0.4 is 11.3 Å². The first-order valence-corrected chi connectivity index (χ1v) is 6.63. The molecule has 0 aliphatic heterocycles. The van der Waals surface area contributed by atoms with Gasteiger partial charge < -0.3 is 0 Å². The molecule has 0 aliphatic rings. The lowest BCUT2D eigenvalue weighted by atomic mass is 9.98. The normalized spacial score (nSPS) is 12.4. The van der Waals surface area contributed by atoms with E-state index in [1.165, 1.54) is 18.2 Å². The zero-order valence-electron chi connectivity index (χ0n) is 10.3. The molecule has 2 nitrogen and oxygen atoms in total. The zero-order chi connectivity index (χ0) is 14.7. The molecule has 106 valence electrons. The lowest BCUT2D eigenvalue weighted by molar-refractivity contribution is 0.500. The smallest absolute Gasteiger partial charge is 0.129 e. The van der Waals surface area contributed by atoms with E-state index in [0.717, 1.165) is 0 Å². The molecule has 0 spiro atoms. The molecule has 1 atom stereocenters. The van der Waals surface area contributed by atoms with Gasteiger partial charge in [0.1, 0.15) is 11.6 Å². The van der Waals surface area contributed by atoms with Crippen LogP contribution in [-0.2, 0) is 6.42 Å². The average molecular weight is 317 g/mol. The molecule has 0 aliphatic carbocycles. The molecule has 0 bridgehead atoms. The van der Waals surface area contributed by atoms with Crippen molar-refractivity contribution in [1.82, 2.24) is 5.43 Å². The molecule has 0 aromatic heterocycles. The molecule has 0 heterocycles. The first-order valence-electron chi connectivity index (χ1n) is 5.87. The molecule has 20 heavy (non-hydrogen) atoms. The number of hydrogen-bond acceptors (Lipinski definition) is 2. The van der Waals surface area contributed by atoms with Gasteiger partial charge in [0.25, 0.3) is 0 Å². The van der Waals surface area contributed by atoms with Gasteiger partial charge in [0.05, 0.1) is 6.04 Å². The second-order valence-electron chi connectivity index (χ2n) is 4.26. The van der Waals surface area contributed by atoms with Crippen LogP contribution in [0.2, 0.25) is 10.0 Å². The van der Waals surface area contributed by atoms with E-state index in [1.54, 1.807) is 18.2 Å². The highest BCUT2D eigenvalue weighted by molar-refractivity contribution is 6.36. The van der Waals surface area contributed by atoms with Gasteiger partial charge in [-0.05, 0) is 30.7 Å². The van der Waals surface area contributed by atoms with E-state index in [0.29, 0.717) is 15.6 Å². The summed E-state index contributed by atoms with van der Waals surface area (Å²) in [4.78, 5) is 0. The Kier molecular flexibility index (Phi) is 4.94. The van der Waals surface area contributed by atoms with Gasteiger partial charge in [-0.2, -0.15) is 0 Å². The lowest BCUT2D eigenvalue weighted by Crippen LogP contribution is -2.30. The Bertz CT molecular complexity index is 580. The van der Waals surface area contributed by atoms with Crippen molar-refractivity contribution in [2.24, 2.45) is 5.84 Å². The molecule has 0 saturated heterocycles. The Morgan fingerprint density at radius 3 is 2.00 bits per heavy atom. The minimum Gasteiger partial charge on any atom is -0.271 e. The fraction of sp³-hybridized carbons (Fsp3) is 0.143. The highest BCUT2D eigenvalue weighted by Gasteiger charge is 2.20. The number of hydrogen-bond donors (Lipinski definition) is 2. The van der Waals surface area contributed by atoms with Gasteiger partial charge in [-0.15, -0.1) is 0 Å². The van der Waals surface area contributed by atoms with Crippen molar-refractivity contribution in [3.63, 3.8) is 0 Å². The van der Waals surface area contributed by atoms with Crippen LogP contribution in [0.15, 0.2) is 36.4 Å². The lowest BCUT2D eigenvalue weighted by Gasteiger charge is -2.19. The summed E-state index contributed by atoms with van der Waals surface area (Å²) in [6, 6.07) is 8.07. The SMILES string of the molecule is NNC(Cc1c(F)cccc1F)c1c(Cl)cccc1Cl. The van der Waals surface area contributed by atoms with Gasteiger partial charge in [0.2, 0.25) is 0 Å². The third kappa shape index (κ3) is 3.10. The highest BCUT2D eigenvalue weighted by Crippen LogP contribution is 2.32. The Hall–Kier alpha value is -1.20. The maximum Gasteiger partial charge on any atom is 0.129 e. The molecular weight excluding hydrogens is 305 g/mol. The van der Waals surface area contributed by atoms with E-state index in [4.69, 9.17) is 29.0 Å². The number of benzene rings is 2. The molecular formula is C14H12Cl2F2N2. The van der Waals surface area contributed by atoms with E-state index in [-0.39, 0.29) is 12.0 Å². The predicted octanol–water partition coefficient (Wildman–Crippen LogP) is 4.02. The number of halogens is 4. The maximum absolute atomic E-state index is 13.7. The number of rotatable bonds is 4. The number of nitrogens with two attached hydrogens (primary N) is 1. The predicted molar refractivity (Wildman–Crippen MR) is 76.6 cm³/mol. The van der Waals surface area contributed by atoms with Gasteiger partial charge in [-0.25, -0.2) is 8.78 Å². The average Bonchev–Trinajstić information content (AvgIpc) is 2.40. The third-order valence-corrected chi connectivity index (χ3v) is 3.68. The second kappa shape index (κ2) is 6.50. The first kappa shape index (κ1) is 15.2. The van der Waals surface area contributed by atoms with Crippen molar-refractivity contribution in [3.05, 3.63) is 69.2 Å². The number of nitrogens with one attached hydrogen (secondary N) is 1. The summed E-state index contributed by atoms with van der Waals surface area (Å²) < 4.78 is 27.4. The Balaban J connectivity index is 2.39. The molecule has 0 saturated carbocycles. The molecule has 2 rings (SSSR count). The topological polar surface area (TPSA) is 38.0 Å². The number of hydrazine groups is 1. The van der Waals surface area contributed by atoms with E-state index in [1.807, 2.05) is 0 Å². The second-order valence-corrected chi connectivity index (χ2v) is 5.07. The fourth-order valence-electron chi connectivity index (χ4n) is 2.02. The third-order valence-electron chi connectivity index (χ3n) is 3.02. The minimum absolute atomic E-state index is 0.00153. The Morgan fingerprint density at radius 2 is 1.50 bits per heavy atom. The molecule has 1 unspecified atom stereocenters. The van der Waals surface area contributed by atoms with E-state index < -0.39 is 17.7 Å². The Labute approximate surface area is 125 Å². The van der Waals surface area contributed by atoms with E-state index in [2.05, 4.69) is 5.43 Å². The largest absolute Gasteiger partial charge is 0.271 e. The molecule has 0 amide bonds.